The Labute approximate surface area is 171 Å². The third kappa shape index (κ3) is 8.00. The van der Waals surface area contributed by atoms with Crippen LogP contribution in [0.2, 0.25) is 0 Å². The molecule has 0 spiro atoms. The van der Waals surface area contributed by atoms with E-state index < -0.39 is 58.0 Å². The average Bonchev–Trinajstić information content (AvgIpc) is 2.58. The maximum absolute atomic E-state index is 12.5. The Morgan fingerprint density at radius 2 is 1.44 bits per heavy atom. The Balaban J connectivity index is 5.26. The van der Waals surface area contributed by atoms with Gasteiger partial charge >= 0.3 is 0 Å². The van der Waals surface area contributed by atoms with E-state index in [-0.39, 0.29) is 32.5 Å². The van der Waals surface area contributed by atoms with Gasteiger partial charge in [-0.1, -0.05) is 6.92 Å². The maximum Gasteiger partial charge on any atom is 0.169 e. The molecule has 6 unspecified atom stereocenters. The summed E-state index contributed by atoms with van der Waals surface area (Å²) in [6, 6.07) is 0. The highest BCUT2D eigenvalue weighted by Gasteiger charge is 2.51. The summed E-state index contributed by atoms with van der Waals surface area (Å²) in [6.45, 7) is 1.76. The van der Waals surface area contributed by atoms with Gasteiger partial charge in [-0.05, 0) is 6.42 Å². The minimum atomic E-state index is -1.71. The van der Waals surface area contributed by atoms with Crippen LogP contribution in [-0.2, 0) is 57.4 Å². The van der Waals surface area contributed by atoms with E-state index in [1.165, 1.54) is 32.1 Å². The molecule has 12 heteroatoms. The van der Waals surface area contributed by atoms with Crippen molar-refractivity contribution < 1.29 is 36.2 Å². The fourth-order valence-electron chi connectivity index (χ4n) is 2.43. The molecule has 0 saturated carbocycles. The number of hydrogen-bond donors (Lipinski definition) is 1. The molecule has 0 aliphatic carbocycles. The van der Waals surface area contributed by atoms with Crippen LogP contribution in [0.5, 0.6) is 0 Å². The summed E-state index contributed by atoms with van der Waals surface area (Å²) in [4.78, 5) is 0. The highest BCUT2D eigenvalue weighted by molar-refractivity contribution is 8.10. The highest BCUT2D eigenvalue weighted by Crippen LogP contribution is 2.29. The molecule has 0 aliphatic rings. The number of hydrogen-bond acceptors (Lipinski definition) is 8. The fraction of sp³-hybridized carbons (Fsp3) is 1.00. The van der Waals surface area contributed by atoms with Crippen LogP contribution >= 0.6 is 0 Å². The van der Waals surface area contributed by atoms with Gasteiger partial charge < -0.3 is 19.3 Å². The van der Waals surface area contributed by atoms with Crippen molar-refractivity contribution in [3.8, 4) is 0 Å². The van der Waals surface area contributed by atoms with Gasteiger partial charge in [-0.15, -0.1) is 0 Å². The molecule has 0 radical (unpaired) electrons. The van der Waals surface area contributed by atoms with Gasteiger partial charge in [-0.3, -0.25) is 16.8 Å². The van der Waals surface area contributed by atoms with Gasteiger partial charge in [0.15, 0.2) is 4.08 Å². The van der Waals surface area contributed by atoms with Gasteiger partial charge in [0, 0.05) is 75.3 Å². The van der Waals surface area contributed by atoms with E-state index in [0.29, 0.717) is 6.42 Å². The molecular weight excluding hydrogens is 436 g/mol. The lowest BCUT2D eigenvalue weighted by molar-refractivity contribution is -0.0729. The molecule has 0 aliphatic heterocycles. The Morgan fingerprint density at radius 3 is 1.78 bits per heavy atom. The standard InChI is InChI=1S/C15H32O8S4/c1-7-12(8-16)23-10-13(21-2)9-22-11-15(26(5)19,27(6)20)14(24(3)17)25(4)18/h12-14,16H,7-11H2,1-6H3. The third-order valence-electron chi connectivity index (χ3n) is 4.05. The Kier molecular flexibility index (Phi) is 13.8. The second-order valence-electron chi connectivity index (χ2n) is 5.97. The first-order chi connectivity index (χ1) is 12.6. The third-order valence-corrected chi connectivity index (χ3v) is 12.3. The van der Waals surface area contributed by atoms with Crippen molar-refractivity contribution in [2.45, 2.75) is 34.2 Å². The lowest BCUT2D eigenvalue weighted by Crippen LogP contribution is -2.56. The average molecular weight is 469 g/mol. The molecule has 27 heavy (non-hydrogen) atoms. The van der Waals surface area contributed by atoms with Gasteiger partial charge in [0.25, 0.3) is 0 Å². The minimum Gasteiger partial charge on any atom is -0.394 e. The van der Waals surface area contributed by atoms with Gasteiger partial charge in [0.1, 0.15) is 10.7 Å². The molecular formula is C15H32O8S4. The summed E-state index contributed by atoms with van der Waals surface area (Å²) in [5, 5.41) is 9.16. The molecule has 0 aromatic carbocycles. The quantitative estimate of drug-likeness (QED) is 0.337. The fourth-order valence-corrected chi connectivity index (χ4v) is 10.7. The number of ether oxygens (including phenoxy) is 3. The molecule has 164 valence electrons. The molecule has 1 N–H and O–H groups in total. The minimum absolute atomic E-state index is 0.0495. The van der Waals surface area contributed by atoms with Crippen LogP contribution in [0.4, 0.5) is 0 Å². The molecule has 0 saturated heterocycles. The van der Waals surface area contributed by atoms with Crippen LogP contribution in [0, 0.1) is 0 Å². The number of rotatable bonds is 15. The van der Waals surface area contributed by atoms with Crippen LogP contribution in [0.15, 0.2) is 0 Å². The zero-order valence-electron chi connectivity index (χ0n) is 16.7. The normalized spacial score (nSPS) is 22.2. The van der Waals surface area contributed by atoms with Crippen molar-refractivity contribution in [3.63, 3.8) is 0 Å². The smallest absolute Gasteiger partial charge is 0.169 e. The molecule has 8 nitrogen and oxygen atoms in total. The van der Waals surface area contributed by atoms with Crippen LogP contribution in [-0.4, -0.2) is 101 Å². The van der Waals surface area contributed by atoms with Crippen LogP contribution in [0.25, 0.3) is 0 Å². The van der Waals surface area contributed by atoms with Gasteiger partial charge in [-0.2, -0.15) is 0 Å². The summed E-state index contributed by atoms with van der Waals surface area (Å²) >= 11 is 0. The van der Waals surface area contributed by atoms with E-state index >= 15 is 0 Å². The van der Waals surface area contributed by atoms with Gasteiger partial charge in [0.05, 0.1) is 32.5 Å². The second kappa shape index (κ2) is 13.6. The maximum atomic E-state index is 12.5. The van der Waals surface area contributed by atoms with Crippen molar-refractivity contribution in [1.82, 2.24) is 0 Å². The van der Waals surface area contributed by atoms with Gasteiger partial charge in [0.2, 0.25) is 0 Å². The lowest BCUT2D eigenvalue weighted by atomic mass is 10.3. The van der Waals surface area contributed by atoms with Gasteiger partial charge in [-0.25, -0.2) is 0 Å². The van der Waals surface area contributed by atoms with E-state index in [0.717, 1.165) is 0 Å². The molecule has 0 aromatic rings. The van der Waals surface area contributed by atoms with Crippen LogP contribution in [0.1, 0.15) is 13.3 Å². The molecule has 0 aromatic heterocycles. The monoisotopic (exact) mass is 468 g/mol. The summed E-state index contributed by atoms with van der Waals surface area (Å²) in [6.07, 6.45) is 5.28. The number of methoxy groups -OCH3 is 1. The summed E-state index contributed by atoms with van der Waals surface area (Å²) in [5.74, 6) is 0. The second-order valence-corrected chi connectivity index (χ2v) is 12.7. The summed E-state index contributed by atoms with van der Waals surface area (Å²) < 4.78 is 63.1. The zero-order chi connectivity index (χ0) is 21.2. The first-order valence-corrected chi connectivity index (χ1v) is 14.6. The largest absolute Gasteiger partial charge is 0.394 e. The van der Waals surface area contributed by atoms with E-state index in [4.69, 9.17) is 19.3 Å². The predicted molar refractivity (Wildman–Crippen MR) is 112 cm³/mol. The van der Waals surface area contributed by atoms with Crippen molar-refractivity contribution in [1.29, 1.82) is 0 Å². The summed E-state index contributed by atoms with van der Waals surface area (Å²) in [5.41, 5.74) is 0. The Bertz CT molecular complexity index is 510. The van der Waals surface area contributed by atoms with E-state index in [1.54, 1.807) is 0 Å². The van der Waals surface area contributed by atoms with E-state index in [1.807, 2.05) is 6.92 Å². The first kappa shape index (κ1) is 27.4. The van der Waals surface area contributed by atoms with E-state index in [2.05, 4.69) is 0 Å². The molecule has 0 rings (SSSR count). The van der Waals surface area contributed by atoms with Crippen LogP contribution < -0.4 is 0 Å². The lowest BCUT2D eigenvalue weighted by Gasteiger charge is -2.34. The first-order valence-electron chi connectivity index (χ1n) is 8.22. The number of aliphatic hydroxyl groups excluding tert-OH is 1. The molecule has 0 bridgehead atoms. The highest BCUT2D eigenvalue weighted by atomic mass is 32.3. The van der Waals surface area contributed by atoms with Crippen molar-refractivity contribution in [3.05, 3.63) is 0 Å². The predicted octanol–water partition coefficient (Wildman–Crippen LogP) is -0.658. The van der Waals surface area contributed by atoms with E-state index in [9.17, 15) is 16.8 Å². The molecule has 0 fully saturated rings. The SMILES string of the molecule is CCC(CO)OCC(COCC(C(S(C)=O)S(C)=O)(S(C)=O)S(C)=O)OC. The Hall–Kier alpha value is 0.440. The zero-order valence-corrected chi connectivity index (χ0v) is 20.0. The molecule has 6 atom stereocenters. The molecule has 0 heterocycles. The topological polar surface area (TPSA) is 116 Å². The van der Waals surface area contributed by atoms with Crippen molar-refractivity contribution in [2.75, 3.05) is 58.6 Å². The number of aliphatic hydroxyl groups is 1. The van der Waals surface area contributed by atoms with Crippen molar-refractivity contribution >= 4 is 43.2 Å². The Morgan fingerprint density at radius 1 is 0.926 bits per heavy atom. The van der Waals surface area contributed by atoms with Crippen molar-refractivity contribution in [2.24, 2.45) is 0 Å². The summed E-state index contributed by atoms with van der Waals surface area (Å²) in [7, 11) is -5.19. The molecule has 0 amide bonds. The van der Waals surface area contributed by atoms with Crippen LogP contribution in [0.3, 0.4) is 0 Å².